The number of hydrogen-bond donors (Lipinski definition) is 0. The van der Waals surface area contributed by atoms with E-state index in [9.17, 15) is 18.0 Å². The van der Waals surface area contributed by atoms with Crippen molar-refractivity contribution in [2.75, 3.05) is 13.1 Å². The molecule has 1 aromatic heterocycles. The van der Waals surface area contributed by atoms with E-state index < -0.39 is 11.7 Å². The van der Waals surface area contributed by atoms with Gasteiger partial charge in [0.15, 0.2) is 5.69 Å². The Hall–Kier alpha value is -2.31. The molecule has 0 bridgehead atoms. The Morgan fingerprint density at radius 1 is 1.32 bits per heavy atom. The first-order chi connectivity index (χ1) is 11.9. The molecule has 0 saturated carbocycles. The molecule has 4 nitrogen and oxygen atoms in total. The Labute approximate surface area is 143 Å². The van der Waals surface area contributed by atoms with Crippen molar-refractivity contribution in [3.63, 3.8) is 0 Å². The third-order valence-electron chi connectivity index (χ3n) is 4.56. The molecule has 1 saturated heterocycles. The van der Waals surface area contributed by atoms with Crippen LogP contribution in [0.2, 0.25) is 0 Å². The van der Waals surface area contributed by atoms with Gasteiger partial charge < -0.3 is 9.42 Å². The zero-order valence-corrected chi connectivity index (χ0v) is 13.6. The summed E-state index contributed by atoms with van der Waals surface area (Å²) in [5.74, 6) is 0.122. The van der Waals surface area contributed by atoms with Crippen LogP contribution in [-0.4, -0.2) is 29.1 Å². The van der Waals surface area contributed by atoms with Crippen LogP contribution in [0.25, 0.3) is 0 Å². The largest absolute Gasteiger partial charge is 0.416 e. The summed E-state index contributed by atoms with van der Waals surface area (Å²) in [6.07, 6.45) is 0.229. The zero-order valence-electron chi connectivity index (χ0n) is 13.6. The van der Waals surface area contributed by atoms with Crippen molar-refractivity contribution in [3.8, 4) is 0 Å². The zero-order chi connectivity index (χ0) is 17.9. The summed E-state index contributed by atoms with van der Waals surface area (Å²) in [5, 5.41) is 3.67. The maximum atomic E-state index is 12.8. The summed E-state index contributed by atoms with van der Waals surface area (Å²) in [4.78, 5) is 14.1. The van der Waals surface area contributed by atoms with Crippen LogP contribution in [0.3, 0.4) is 0 Å². The van der Waals surface area contributed by atoms with Gasteiger partial charge in [0, 0.05) is 19.2 Å². The van der Waals surface area contributed by atoms with E-state index >= 15 is 0 Å². The molecule has 25 heavy (non-hydrogen) atoms. The fourth-order valence-corrected chi connectivity index (χ4v) is 3.24. The maximum absolute atomic E-state index is 12.8. The molecule has 1 atom stereocenters. The molecule has 0 N–H and O–H groups in total. The van der Waals surface area contributed by atoms with Crippen molar-refractivity contribution in [1.82, 2.24) is 10.1 Å². The number of nitrogens with zero attached hydrogens (tertiary/aromatic N) is 2. The number of piperidine rings is 1. The minimum atomic E-state index is -4.32. The summed E-state index contributed by atoms with van der Waals surface area (Å²) >= 11 is 0. The predicted octanol–water partition coefficient (Wildman–Crippen LogP) is 4.18. The number of halogens is 3. The van der Waals surface area contributed by atoms with Gasteiger partial charge in [0.25, 0.3) is 5.91 Å². The van der Waals surface area contributed by atoms with Gasteiger partial charge in [-0.2, -0.15) is 13.2 Å². The third kappa shape index (κ3) is 4.41. The summed E-state index contributed by atoms with van der Waals surface area (Å²) in [7, 11) is 0. The van der Waals surface area contributed by atoms with Crippen molar-refractivity contribution in [2.24, 2.45) is 5.92 Å². The van der Waals surface area contributed by atoms with Crippen molar-refractivity contribution in [2.45, 2.75) is 31.9 Å². The van der Waals surface area contributed by atoms with Gasteiger partial charge in [-0.25, -0.2) is 0 Å². The van der Waals surface area contributed by atoms with Crippen LogP contribution in [0, 0.1) is 5.92 Å². The molecule has 7 heteroatoms. The quantitative estimate of drug-likeness (QED) is 0.829. The van der Waals surface area contributed by atoms with E-state index in [1.165, 1.54) is 24.5 Å². The SMILES string of the molecule is O=C(c1ccon1)N1CCC[C@@H](CCc2cccc(C(F)(F)F)c2)C1. The summed E-state index contributed by atoms with van der Waals surface area (Å²) in [6, 6.07) is 6.99. The number of rotatable bonds is 4. The summed E-state index contributed by atoms with van der Waals surface area (Å²) in [5.41, 5.74) is 0.352. The number of alkyl halides is 3. The molecule has 2 aromatic rings. The highest BCUT2D eigenvalue weighted by Crippen LogP contribution is 2.30. The third-order valence-corrected chi connectivity index (χ3v) is 4.56. The Morgan fingerprint density at radius 3 is 2.88 bits per heavy atom. The van der Waals surface area contributed by atoms with E-state index in [-0.39, 0.29) is 11.8 Å². The minimum absolute atomic E-state index is 0.155. The van der Waals surface area contributed by atoms with Crippen LogP contribution < -0.4 is 0 Å². The first-order valence-electron chi connectivity index (χ1n) is 8.29. The molecule has 1 aliphatic rings. The second kappa shape index (κ2) is 7.29. The molecule has 1 amide bonds. The van der Waals surface area contributed by atoms with Crippen molar-refractivity contribution in [1.29, 1.82) is 0 Å². The highest BCUT2D eigenvalue weighted by Gasteiger charge is 2.30. The smallest absolute Gasteiger partial charge is 0.364 e. The van der Waals surface area contributed by atoms with Gasteiger partial charge >= 0.3 is 6.18 Å². The van der Waals surface area contributed by atoms with E-state index in [1.807, 2.05) is 0 Å². The molecule has 0 spiro atoms. The molecular weight excluding hydrogens is 333 g/mol. The van der Waals surface area contributed by atoms with Gasteiger partial charge in [-0.3, -0.25) is 4.79 Å². The lowest BCUT2D eigenvalue weighted by Gasteiger charge is -2.32. The summed E-state index contributed by atoms with van der Waals surface area (Å²) < 4.78 is 43.0. The van der Waals surface area contributed by atoms with Crippen LogP contribution in [0.5, 0.6) is 0 Å². The molecule has 2 heterocycles. The predicted molar refractivity (Wildman–Crippen MR) is 84.9 cm³/mol. The maximum Gasteiger partial charge on any atom is 0.416 e. The first kappa shape index (κ1) is 17.5. The molecule has 0 unspecified atom stereocenters. The van der Waals surface area contributed by atoms with E-state index in [1.54, 1.807) is 11.0 Å². The highest BCUT2D eigenvalue weighted by molar-refractivity contribution is 5.92. The average molecular weight is 352 g/mol. The fraction of sp³-hybridized carbons (Fsp3) is 0.444. The first-order valence-corrected chi connectivity index (χ1v) is 8.29. The second-order valence-electron chi connectivity index (χ2n) is 6.38. The van der Waals surface area contributed by atoms with Crippen molar-refractivity contribution < 1.29 is 22.5 Å². The number of benzene rings is 1. The molecule has 1 aromatic carbocycles. The van der Waals surface area contributed by atoms with Gasteiger partial charge in [-0.05, 0) is 43.2 Å². The lowest BCUT2D eigenvalue weighted by atomic mass is 9.91. The number of amides is 1. The van der Waals surface area contributed by atoms with Crippen LogP contribution in [-0.2, 0) is 12.6 Å². The Bertz CT molecular complexity index is 713. The van der Waals surface area contributed by atoms with Crippen LogP contribution in [0.1, 0.15) is 40.9 Å². The monoisotopic (exact) mass is 352 g/mol. The lowest BCUT2D eigenvalue weighted by molar-refractivity contribution is -0.137. The normalized spacial score (nSPS) is 18.4. The highest BCUT2D eigenvalue weighted by atomic mass is 19.4. The molecule has 1 fully saturated rings. The van der Waals surface area contributed by atoms with Gasteiger partial charge in [0.05, 0.1) is 5.56 Å². The van der Waals surface area contributed by atoms with E-state index in [0.29, 0.717) is 30.8 Å². The standard InChI is InChI=1S/C18H19F3N2O2/c19-18(20,21)15-5-1-3-13(11-15)6-7-14-4-2-9-23(12-14)17(24)16-8-10-25-22-16/h1,3,5,8,10-11,14H,2,4,6-7,9,12H2/t14-/m0/s1. The van der Waals surface area contributed by atoms with Gasteiger partial charge in [-0.1, -0.05) is 23.4 Å². The van der Waals surface area contributed by atoms with E-state index in [4.69, 9.17) is 4.52 Å². The van der Waals surface area contributed by atoms with E-state index in [0.717, 1.165) is 25.3 Å². The van der Waals surface area contributed by atoms with Crippen LogP contribution in [0.4, 0.5) is 13.2 Å². The van der Waals surface area contributed by atoms with Crippen LogP contribution in [0.15, 0.2) is 41.1 Å². The molecule has 0 radical (unpaired) electrons. The fourth-order valence-electron chi connectivity index (χ4n) is 3.24. The molecule has 1 aliphatic heterocycles. The minimum Gasteiger partial charge on any atom is -0.364 e. The number of aromatic nitrogens is 1. The topological polar surface area (TPSA) is 46.3 Å². The molecule has 134 valence electrons. The van der Waals surface area contributed by atoms with Crippen LogP contribution >= 0.6 is 0 Å². The molecule has 3 rings (SSSR count). The van der Waals surface area contributed by atoms with Crippen molar-refractivity contribution >= 4 is 5.91 Å². The number of hydrogen-bond acceptors (Lipinski definition) is 3. The van der Waals surface area contributed by atoms with Gasteiger partial charge in [0.1, 0.15) is 6.26 Å². The van der Waals surface area contributed by atoms with Crippen molar-refractivity contribution in [3.05, 3.63) is 53.4 Å². The number of carbonyl (C=O) groups is 1. The molecule has 0 aliphatic carbocycles. The lowest BCUT2D eigenvalue weighted by Crippen LogP contribution is -2.40. The van der Waals surface area contributed by atoms with E-state index in [2.05, 4.69) is 5.16 Å². The Balaban J connectivity index is 1.57. The number of carbonyl (C=O) groups excluding carboxylic acids is 1. The Kier molecular flexibility index (Phi) is 5.11. The Morgan fingerprint density at radius 2 is 2.16 bits per heavy atom. The number of likely N-dealkylation sites (tertiary alicyclic amines) is 1. The van der Waals surface area contributed by atoms with Gasteiger partial charge in [0.2, 0.25) is 0 Å². The summed E-state index contributed by atoms with van der Waals surface area (Å²) in [6.45, 7) is 1.27. The number of aryl methyl sites for hydroxylation is 1. The molecular formula is C18H19F3N2O2. The average Bonchev–Trinajstić information content (AvgIpc) is 3.14. The second-order valence-corrected chi connectivity index (χ2v) is 6.38. The van der Waals surface area contributed by atoms with Gasteiger partial charge in [-0.15, -0.1) is 0 Å².